The Kier molecular flexibility index (Phi) is 3.26. The van der Waals surface area contributed by atoms with Crippen molar-refractivity contribution in [1.29, 1.82) is 5.26 Å². The van der Waals surface area contributed by atoms with Crippen LogP contribution in [0.5, 0.6) is 0 Å². The Hall–Kier alpha value is -1.08. The summed E-state index contributed by atoms with van der Waals surface area (Å²) in [6.07, 6.45) is 1.69. The van der Waals surface area contributed by atoms with Gasteiger partial charge in [0.15, 0.2) is 0 Å². The van der Waals surface area contributed by atoms with Crippen molar-refractivity contribution in [2.45, 2.75) is 25.4 Å². The smallest absolute Gasteiger partial charge is 0.323 e. The van der Waals surface area contributed by atoms with Gasteiger partial charge in [0.1, 0.15) is 5.92 Å². The Bertz CT molecular complexity index is 228. The quantitative estimate of drug-likeness (QED) is 0.645. The van der Waals surface area contributed by atoms with E-state index in [-0.39, 0.29) is 6.10 Å². The molecule has 0 spiro atoms. The molecule has 1 fully saturated rings. The number of rotatable bonds is 3. The molecule has 4 nitrogen and oxygen atoms in total. The molecule has 72 valence electrons. The molecule has 0 bridgehead atoms. The second-order valence-electron chi connectivity index (χ2n) is 3.43. The molecule has 0 aromatic carbocycles. The molecular formula is C9H13NO3. The standard InChI is InChI=1S/C9H13NO3/c1-13-9(12)7(5-10)2-6-3-8(11)4-6/h6-8,11H,2-4H2,1H3. The number of carbonyl (C=O) groups excluding carboxylic acids is 1. The number of hydrogen-bond donors (Lipinski definition) is 1. The van der Waals surface area contributed by atoms with Gasteiger partial charge in [0.25, 0.3) is 0 Å². The first-order valence-electron chi connectivity index (χ1n) is 4.33. The van der Waals surface area contributed by atoms with Crippen LogP contribution in [-0.2, 0) is 9.53 Å². The fraction of sp³-hybridized carbons (Fsp3) is 0.778. The van der Waals surface area contributed by atoms with Gasteiger partial charge >= 0.3 is 5.97 Å². The molecule has 1 unspecified atom stereocenters. The van der Waals surface area contributed by atoms with Gasteiger partial charge in [-0.2, -0.15) is 5.26 Å². The van der Waals surface area contributed by atoms with Gasteiger partial charge in [0.05, 0.1) is 19.3 Å². The highest BCUT2D eigenvalue weighted by Gasteiger charge is 2.32. The van der Waals surface area contributed by atoms with Crippen LogP contribution in [0.25, 0.3) is 0 Å². The zero-order valence-electron chi connectivity index (χ0n) is 7.56. The molecule has 0 saturated heterocycles. The molecule has 0 heterocycles. The third-order valence-electron chi connectivity index (χ3n) is 2.42. The minimum Gasteiger partial charge on any atom is -0.468 e. The van der Waals surface area contributed by atoms with Crippen LogP contribution < -0.4 is 0 Å². The average Bonchev–Trinajstić information content (AvgIpc) is 2.09. The van der Waals surface area contributed by atoms with Crippen LogP contribution in [0, 0.1) is 23.2 Å². The normalized spacial score (nSPS) is 28.4. The van der Waals surface area contributed by atoms with E-state index in [1.807, 2.05) is 6.07 Å². The summed E-state index contributed by atoms with van der Waals surface area (Å²) < 4.78 is 4.48. The van der Waals surface area contributed by atoms with Gasteiger partial charge in [0.2, 0.25) is 0 Å². The van der Waals surface area contributed by atoms with Crippen molar-refractivity contribution in [2.24, 2.45) is 11.8 Å². The molecule has 0 amide bonds. The summed E-state index contributed by atoms with van der Waals surface area (Å²) in [6.45, 7) is 0. The van der Waals surface area contributed by atoms with Gasteiger partial charge < -0.3 is 9.84 Å². The monoisotopic (exact) mass is 183 g/mol. The second-order valence-corrected chi connectivity index (χ2v) is 3.43. The summed E-state index contributed by atoms with van der Waals surface area (Å²) >= 11 is 0. The van der Waals surface area contributed by atoms with Crippen LogP contribution in [-0.4, -0.2) is 24.3 Å². The summed E-state index contributed by atoms with van der Waals surface area (Å²) in [5, 5.41) is 17.6. The topological polar surface area (TPSA) is 70.3 Å². The largest absolute Gasteiger partial charge is 0.468 e. The summed E-state index contributed by atoms with van der Waals surface area (Å²) in [5.74, 6) is -0.829. The van der Waals surface area contributed by atoms with Gasteiger partial charge in [-0.15, -0.1) is 0 Å². The van der Waals surface area contributed by atoms with E-state index >= 15 is 0 Å². The minimum absolute atomic E-state index is 0.234. The molecule has 0 aromatic heterocycles. The van der Waals surface area contributed by atoms with Crippen molar-refractivity contribution in [3.8, 4) is 6.07 Å². The number of aliphatic hydroxyl groups is 1. The highest BCUT2D eigenvalue weighted by atomic mass is 16.5. The van der Waals surface area contributed by atoms with Gasteiger partial charge in [-0.05, 0) is 25.2 Å². The second kappa shape index (κ2) is 4.24. The number of ether oxygens (including phenoxy) is 1. The first-order valence-corrected chi connectivity index (χ1v) is 4.33. The molecule has 1 atom stereocenters. The summed E-state index contributed by atoms with van der Waals surface area (Å²) in [5.41, 5.74) is 0. The van der Waals surface area contributed by atoms with Crippen molar-refractivity contribution >= 4 is 5.97 Å². The number of nitrogens with zero attached hydrogens (tertiary/aromatic N) is 1. The summed E-state index contributed by atoms with van der Waals surface area (Å²) in [7, 11) is 1.28. The van der Waals surface area contributed by atoms with E-state index in [4.69, 9.17) is 10.4 Å². The van der Waals surface area contributed by atoms with Gasteiger partial charge in [-0.1, -0.05) is 0 Å². The van der Waals surface area contributed by atoms with E-state index in [1.165, 1.54) is 7.11 Å². The Morgan fingerprint density at radius 1 is 1.77 bits per heavy atom. The fourth-order valence-corrected chi connectivity index (χ4v) is 1.57. The van der Waals surface area contributed by atoms with Crippen LogP contribution in [0.1, 0.15) is 19.3 Å². The van der Waals surface area contributed by atoms with E-state index in [1.54, 1.807) is 0 Å². The highest BCUT2D eigenvalue weighted by molar-refractivity contribution is 5.74. The maximum absolute atomic E-state index is 11.0. The van der Waals surface area contributed by atoms with Crippen LogP contribution in [0.2, 0.25) is 0 Å². The van der Waals surface area contributed by atoms with Crippen molar-refractivity contribution in [3.05, 3.63) is 0 Å². The molecule has 4 heteroatoms. The Balaban J connectivity index is 2.33. The lowest BCUT2D eigenvalue weighted by atomic mass is 9.77. The minimum atomic E-state index is -0.664. The van der Waals surface area contributed by atoms with Crippen molar-refractivity contribution in [2.75, 3.05) is 7.11 Å². The molecular weight excluding hydrogens is 170 g/mol. The molecule has 1 saturated carbocycles. The van der Waals surface area contributed by atoms with E-state index in [9.17, 15) is 4.79 Å². The van der Waals surface area contributed by atoms with Crippen molar-refractivity contribution in [1.82, 2.24) is 0 Å². The van der Waals surface area contributed by atoms with Crippen LogP contribution in [0.4, 0.5) is 0 Å². The van der Waals surface area contributed by atoms with Crippen molar-refractivity contribution < 1.29 is 14.6 Å². The average molecular weight is 183 g/mol. The zero-order valence-corrected chi connectivity index (χ0v) is 7.56. The zero-order chi connectivity index (χ0) is 9.84. The predicted molar refractivity (Wildman–Crippen MR) is 44.5 cm³/mol. The predicted octanol–water partition coefficient (Wildman–Crippen LogP) is 0.460. The maximum Gasteiger partial charge on any atom is 0.323 e. The number of esters is 1. The number of carbonyl (C=O) groups is 1. The maximum atomic E-state index is 11.0. The van der Waals surface area contributed by atoms with Gasteiger partial charge in [-0.3, -0.25) is 4.79 Å². The number of nitriles is 1. The summed E-state index contributed by atoms with van der Waals surface area (Å²) in [6, 6.07) is 1.91. The van der Waals surface area contributed by atoms with E-state index in [0.29, 0.717) is 25.2 Å². The molecule has 1 N–H and O–H groups in total. The molecule has 0 aromatic rings. The van der Waals surface area contributed by atoms with Crippen LogP contribution in [0.3, 0.4) is 0 Å². The fourth-order valence-electron chi connectivity index (χ4n) is 1.57. The van der Waals surface area contributed by atoms with E-state index in [0.717, 1.165) is 0 Å². The molecule has 1 rings (SSSR count). The number of aliphatic hydroxyl groups excluding tert-OH is 1. The van der Waals surface area contributed by atoms with Crippen molar-refractivity contribution in [3.63, 3.8) is 0 Å². The first kappa shape index (κ1) is 10.0. The Morgan fingerprint density at radius 2 is 2.38 bits per heavy atom. The molecule has 1 aliphatic rings. The van der Waals surface area contributed by atoms with Crippen LogP contribution in [0.15, 0.2) is 0 Å². The molecule has 0 aliphatic heterocycles. The molecule has 13 heavy (non-hydrogen) atoms. The third kappa shape index (κ3) is 2.43. The number of hydrogen-bond acceptors (Lipinski definition) is 4. The van der Waals surface area contributed by atoms with Gasteiger partial charge in [0, 0.05) is 0 Å². The molecule has 0 radical (unpaired) electrons. The lowest BCUT2D eigenvalue weighted by molar-refractivity contribution is -0.144. The van der Waals surface area contributed by atoms with Crippen LogP contribution >= 0.6 is 0 Å². The highest BCUT2D eigenvalue weighted by Crippen LogP contribution is 2.32. The first-order chi connectivity index (χ1) is 6.17. The van der Waals surface area contributed by atoms with E-state index < -0.39 is 11.9 Å². The molecule has 1 aliphatic carbocycles. The van der Waals surface area contributed by atoms with E-state index in [2.05, 4.69) is 4.74 Å². The Labute approximate surface area is 77.1 Å². The lowest BCUT2D eigenvalue weighted by Crippen LogP contribution is -2.31. The SMILES string of the molecule is COC(=O)C(C#N)CC1CC(O)C1. The lowest BCUT2D eigenvalue weighted by Gasteiger charge is -2.31. The number of methoxy groups -OCH3 is 1. The summed E-state index contributed by atoms with van der Waals surface area (Å²) in [4.78, 5) is 11.0. The Morgan fingerprint density at radius 3 is 2.77 bits per heavy atom. The van der Waals surface area contributed by atoms with Gasteiger partial charge in [-0.25, -0.2) is 0 Å². The third-order valence-corrected chi connectivity index (χ3v) is 2.42.